The maximum Gasteiger partial charge on any atom is 0.251 e. The zero-order valence-electron chi connectivity index (χ0n) is 20.2. The van der Waals surface area contributed by atoms with Crippen molar-refractivity contribution in [2.45, 2.75) is 25.4 Å². The molecule has 6 rings (SSSR count). The summed E-state index contributed by atoms with van der Waals surface area (Å²) in [7, 11) is -2.90. The molecule has 3 aromatic heterocycles. The molecule has 4 heterocycles. The van der Waals surface area contributed by atoms with Crippen LogP contribution in [0.4, 0.5) is 11.6 Å². The molecule has 0 unspecified atom stereocenters. The van der Waals surface area contributed by atoms with E-state index in [-0.39, 0.29) is 20.3 Å². The number of hydrogen-bond donors (Lipinski definition) is 2. The van der Waals surface area contributed by atoms with Gasteiger partial charge in [0.2, 0.25) is 5.95 Å². The van der Waals surface area contributed by atoms with Crippen molar-refractivity contribution in [3.8, 4) is 11.1 Å². The van der Waals surface area contributed by atoms with E-state index >= 15 is 0 Å². The van der Waals surface area contributed by atoms with Gasteiger partial charge in [0.1, 0.15) is 0 Å². The highest BCUT2D eigenvalue weighted by Crippen LogP contribution is 2.25. The highest BCUT2D eigenvalue weighted by Gasteiger charge is 2.24. The molecule has 2 N–H and O–H groups in total. The van der Waals surface area contributed by atoms with E-state index in [1.807, 2.05) is 48.8 Å². The minimum Gasteiger partial charge on any atom is -0.349 e. The lowest BCUT2D eigenvalue weighted by Gasteiger charge is -2.26. The summed E-state index contributed by atoms with van der Waals surface area (Å²) in [5, 5.41) is 10.7. The predicted molar refractivity (Wildman–Crippen MR) is 145 cm³/mol. The lowest BCUT2D eigenvalue weighted by Crippen LogP contribution is -2.39. The Hall–Kier alpha value is -3.83. The molecule has 1 aliphatic heterocycles. The van der Waals surface area contributed by atoms with Gasteiger partial charge in [-0.2, -0.15) is 4.98 Å². The van der Waals surface area contributed by atoms with Gasteiger partial charge in [0.05, 0.1) is 17.2 Å². The molecule has 10 nitrogen and oxygen atoms in total. The Balaban J connectivity index is 0.00000176. The second-order valence-corrected chi connectivity index (χ2v) is 11.8. The van der Waals surface area contributed by atoms with Gasteiger partial charge in [-0.15, -0.1) is 5.10 Å². The number of anilines is 2. The van der Waals surface area contributed by atoms with Crippen LogP contribution >= 0.6 is 0 Å². The van der Waals surface area contributed by atoms with Crippen molar-refractivity contribution >= 4 is 33.0 Å². The summed E-state index contributed by atoms with van der Waals surface area (Å²) in [6.07, 6.45) is 5.77. The second kappa shape index (κ2) is 9.56. The molecular weight excluding hydrogens is 490 g/mol. The first-order valence-corrected chi connectivity index (χ1v) is 14.2. The number of benzene rings is 1. The number of fused-ring (bicyclic) bond motifs is 1. The number of nitrogens with one attached hydrogen (secondary N) is 2. The van der Waals surface area contributed by atoms with E-state index in [4.69, 9.17) is 0 Å². The highest BCUT2D eigenvalue weighted by molar-refractivity contribution is 7.91. The Bertz CT molecular complexity index is 1540. The second-order valence-electron chi connectivity index (χ2n) is 9.54. The standard InChI is InChI=1S/C26H27N7O3S.2H2/c34-25(28-20-9-10-20)18-3-6-21(7-4-18)29-26-30-24-23(2-1-11-33(24)31-26)19-5-8-22(27-16-19)17-32-12-14-37(35,36)15-13-32;;/h1-8,11,16,20H,9-10,12-15,17H2,(H,28,34)(H,29,31);2*1H. The normalized spacial score (nSPS) is 17.5. The van der Waals surface area contributed by atoms with Gasteiger partial charge >= 0.3 is 0 Å². The monoisotopic (exact) mass is 521 g/mol. The quantitative estimate of drug-likeness (QED) is 0.380. The van der Waals surface area contributed by atoms with Crippen LogP contribution in [0.3, 0.4) is 0 Å². The van der Waals surface area contributed by atoms with E-state index in [0.29, 0.717) is 42.8 Å². The molecule has 0 spiro atoms. The molecule has 194 valence electrons. The maximum absolute atomic E-state index is 12.2. The Morgan fingerprint density at radius 3 is 2.54 bits per heavy atom. The van der Waals surface area contributed by atoms with E-state index in [9.17, 15) is 13.2 Å². The van der Waals surface area contributed by atoms with Crippen LogP contribution in [-0.2, 0) is 16.4 Å². The third kappa shape index (κ3) is 5.47. The SMILES string of the molecule is O=C(NC1CC1)c1ccc(Nc2nc3c(-c4ccc(CN5CCS(=O)(=O)CC5)nc4)cccn3n2)cc1.[HH].[HH]. The van der Waals surface area contributed by atoms with Crippen LogP contribution in [0.15, 0.2) is 60.9 Å². The van der Waals surface area contributed by atoms with Crippen LogP contribution in [0, 0.1) is 0 Å². The fourth-order valence-electron chi connectivity index (χ4n) is 4.33. The first-order chi connectivity index (χ1) is 17.9. The summed E-state index contributed by atoms with van der Waals surface area (Å²) in [4.78, 5) is 23.6. The fraction of sp³-hybridized carbons (Fsp3) is 0.308. The number of aromatic nitrogens is 4. The molecule has 1 aromatic carbocycles. The van der Waals surface area contributed by atoms with E-state index in [0.717, 1.165) is 35.3 Å². The van der Waals surface area contributed by atoms with Crippen LogP contribution in [0.1, 0.15) is 31.7 Å². The van der Waals surface area contributed by atoms with Gasteiger partial charge in [-0.25, -0.2) is 12.9 Å². The molecule has 1 saturated carbocycles. The maximum atomic E-state index is 12.2. The highest BCUT2D eigenvalue weighted by atomic mass is 32.2. The summed E-state index contributed by atoms with van der Waals surface area (Å²) in [5.74, 6) is 0.812. The molecular formula is C26H31N7O3S. The van der Waals surface area contributed by atoms with E-state index in [2.05, 4.69) is 30.6 Å². The molecule has 2 fully saturated rings. The molecule has 0 bridgehead atoms. The lowest BCUT2D eigenvalue weighted by molar-refractivity contribution is 0.0951. The average molecular weight is 522 g/mol. The Morgan fingerprint density at radius 1 is 1.05 bits per heavy atom. The van der Waals surface area contributed by atoms with Crippen molar-refractivity contribution in [1.29, 1.82) is 0 Å². The molecule has 11 heteroatoms. The van der Waals surface area contributed by atoms with Gasteiger partial charge in [0.15, 0.2) is 15.5 Å². The van der Waals surface area contributed by atoms with Gasteiger partial charge < -0.3 is 10.6 Å². The first kappa shape index (κ1) is 23.6. The summed E-state index contributed by atoms with van der Waals surface area (Å²) in [6, 6.07) is 15.5. The van der Waals surface area contributed by atoms with Gasteiger partial charge in [-0.1, -0.05) is 6.07 Å². The summed E-state index contributed by atoms with van der Waals surface area (Å²) in [5.41, 5.74) is 4.83. The van der Waals surface area contributed by atoms with Crippen LogP contribution < -0.4 is 10.6 Å². The van der Waals surface area contributed by atoms with Crippen molar-refractivity contribution in [2.75, 3.05) is 29.9 Å². The minimum atomic E-state index is -2.90. The van der Waals surface area contributed by atoms with Crippen LogP contribution in [0.5, 0.6) is 0 Å². The third-order valence-electron chi connectivity index (χ3n) is 6.64. The van der Waals surface area contributed by atoms with Crippen molar-refractivity contribution in [3.63, 3.8) is 0 Å². The van der Waals surface area contributed by atoms with Crippen molar-refractivity contribution in [1.82, 2.24) is 29.8 Å². The lowest BCUT2D eigenvalue weighted by atomic mass is 10.1. The first-order valence-electron chi connectivity index (χ1n) is 12.3. The number of hydrogen-bond acceptors (Lipinski definition) is 8. The topological polar surface area (TPSA) is 122 Å². The van der Waals surface area contributed by atoms with Gasteiger partial charge in [0, 0.05) is 63.3 Å². The molecule has 1 aliphatic carbocycles. The fourth-order valence-corrected chi connectivity index (χ4v) is 5.61. The molecule has 1 saturated heterocycles. The van der Waals surface area contributed by atoms with Crippen molar-refractivity contribution in [2.24, 2.45) is 0 Å². The van der Waals surface area contributed by atoms with E-state index < -0.39 is 9.84 Å². The Morgan fingerprint density at radius 2 is 1.84 bits per heavy atom. The van der Waals surface area contributed by atoms with Crippen LogP contribution in [0.25, 0.3) is 16.8 Å². The number of amides is 1. The molecule has 0 radical (unpaired) electrons. The van der Waals surface area contributed by atoms with Crippen molar-refractivity contribution < 1.29 is 16.1 Å². The Kier molecular flexibility index (Phi) is 6.09. The van der Waals surface area contributed by atoms with Gasteiger partial charge in [-0.05, 0) is 55.3 Å². The Labute approximate surface area is 217 Å². The summed E-state index contributed by atoms with van der Waals surface area (Å²) >= 11 is 0. The molecule has 0 atom stereocenters. The third-order valence-corrected chi connectivity index (χ3v) is 8.25. The molecule has 37 heavy (non-hydrogen) atoms. The number of carbonyl (C=O) groups excluding carboxylic acids is 1. The van der Waals surface area contributed by atoms with Gasteiger partial charge in [-0.3, -0.25) is 14.7 Å². The number of nitrogens with zero attached hydrogens (tertiary/aromatic N) is 5. The molecule has 4 aromatic rings. The zero-order chi connectivity index (χ0) is 25.4. The zero-order valence-corrected chi connectivity index (χ0v) is 21.0. The summed E-state index contributed by atoms with van der Waals surface area (Å²) in [6.45, 7) is 1.70. The van der Waals surface area contributed by atoms with Gasteiger partial charge in [0.25, 0.3) is 5.91 Å². The van der Waals surface area contributed by atoms with E-state index in [1.165, 1.54) is 0 Å². The van der Waals surface area contributed by atoms with Crippen LogP contribution in [0.2, 0.25) is 0 Å². The summed E-state index contributed by atoms with van der Waals surface area (Å²) < 4.78 is 25.0. The van der Waals surface area contributed by atoms with E-state index in [1.54, 1.807) is 16.6 Å². The van der Waals surface area contributed by atoms with Crippen LogP contribution in [-0.4, -0.2) is 69.4 Å². The molecule has 2 aliphatic rings. The smallest absolute Gasteiger partial charge is 0.251 e. The average Bonchev–Trinajstić information content (AvgIpc) is 3.61. The largest absolute Gasteiger partial charge is 0.349 e. The predicted octanol–water partition coefficient (Wildman–Crippen LogP) is 3.15. The van der Waals surface area contributed by atoms with Crippen molar-refractivity contribution in [3.05, 3.63) is 72.2 Å². The minimum absolute atomic E-state index is 0. The number of sulfone groups is 1. The number of pyridine rings is 2. The number of rotatable bonds is 7. The number of carbonyl (C=O) groups is 1. The molecule has 1 amide bonds.